The van der Waals surface area contributed by atoms with Crippen LogP contribution in [-0.4, -0.2) is 31.1 Å². The van der Waals surface area contributed by atoms with E-state index in [-0.39, 0.29) is 0 Å². The Morgan fingerprint density at radius 3 is 2.08 bits per heavy atom. The van der Waals surface area contributed by atoms with E-state index in [1.54, 1.807) is 29.6 Å². The maximum Gasteiger partial charge on any atom is 0.336 e. The molecule has 1 aromatic carbocycles. The number of hydrogen-bond acceptors (Lipinski definition) is 6. The van der Waals surface area contributed by atoms with Crippen molar-refractivity contribution < 1.29 is 23.5 Å². The maximum atomic E-state index is 12.4. The van der Waals surface area contributed by atoms with Crippen molar-refractivity contribution in [1.29, 1.82) is 0 Å². The lowest BCUT2D eigenvalue weighted by atomic mass is 9.83. The van der Waals surface area contributed by atoms with Crippen LogP contribution < -0.4 is 0 Å². The van der Waals surface area contributed by atoms with E-state index in [1.807, 2.05) is 36.4 Å². The summed E-state index contributed by atoms with van der Waals surface area (Å²) in [6, 6.07) is 12.9. The molecule has 3 rings (SSSR count). The lowest BCUT2D eigenvalue weighted by molar-refractivity contribution is -0.137. The van der Waals surface area contributed by atoms with Crippen LogP contribution in [0.15, 0.2) is 76.7 Å². The molecule has 2 heterocycles. The van der Waals surface area contributed by atoms with Gasteiger partial charge in [-0.05, 0) is 17.7 Å². The van der Waals surface area contributed by atoms with Crippen molar-refractivity contribution >= 4 is 11.9 Å². The summed E-state index contributed by atoms with van der Waals surface area (Å²) in [5.41, 5.74) is 1.51. The monoisotopic (exact) mass is 353 g/mol. The smallest absolute Gasteiger partial charge is 0.336 e. The second-order valence-corrected chi connectivity index (χ2v) is 5.75. The number of benzene rings is 1. The van der Waals surface area contributed by atoms with Crippen LogP contribution >= 0.6 is 0 Å². The highest BCUT2D eigenvalue weighted by molar-refractivity contribution is 5.98. The number of rotatable bonds is 5. The van der Waals surface area contributed by atoms with Crippen LogP contribution in [0.2, 0.25) is 0 Å². The van der Waals surface area contributed by atoms with Gasteiger partial charge in [0.2, 0.25) is 0 Å². The van der Waals surface area contributed by atoms with Crippen LogP contribution in [0.1, 0.15) is 17.2 Å². The fraction of sp³-hybridized carbons (Fsp3) is 0.200. The maximum absolute atomic E-state index is 12.4. The zero-order chi connectivity index (χ0) is 18.5. The SMILES string of the molecule is COC(=O)C1=CN(Cc2ccco2)C=C(C(=O)OC)C1c1ccccc1. The van der Waals surface area contributed by atoms with Gasteiger partial charge in [0.05, 0.1) is 44.1 Å². The average Bonchev–Trinajstić information content (AvgIpc) is 3.19. The number of ether oxygens (including phenoxy) is 2. The number of carbonyl (C=O) groups is 2. The Kier molecular flexibility index (Phi) is 5.22. The summed E-state index contributed by atoms with van der Waals surface area (Å²) in [6.07, 6.45) is 4.93. The van der Waals surface area contributed by atoms with Gasteiger partial charge in [-0.25, -0.2) is 9.59 Å². The van der Waals surface area contributed by atoms with Gasteiger partial charge in [-0.2, -0.15) is 0 Å². The number of furan rings is 1. The van der Waals surface area contributed by atoms with Crippen molar-refractivity contribution in [3.05, 3.63) is 83.6 Å². The Morgan fingerprint density at radius 1 is 0.962 bits per heavy atom. The summed E-state index contributed by atoms with van der Waals surface area (Å²) in [5, 5.41) is 0. The van der Waals surface area contributed by atoms with Gasteiger partial charge in [-0.15, -0.1) is 0 Å². The highest BCUT2D eigenvalue weighted by Gasteiger charge is 2.35. The highest BCUT2D eigenvalue weighted by Crippen LogP contribution is 2.37. The topological polar surface area (TPSA) is 69.0 Å². The molecule has 6 heteroatoms. The Bertz CT molecular complexity index is 802. The Labute approximate surface area is 151 Å². The summed E-state index contributed by atoms with van der Waals surface area (Å²) >= 11 is 0. The van der Waals surface area contributed by atoms with Crippen molar-refractivity contribution in [2.24, 2.45) is 0 Å². The molecule has 0 aliphatic carbocycles. The molecule has 0 unspecified atom stereocenters. The van der Waals surface area contributed by atoms with E-state index >= 15 is 0 Å². The molecule has 2 aromatic rings. The molecule has 0 radical (unpaired) electrons. The molecule has 0 fully saturated rings. The van der Waals surface area contributed by atoms with Gasteiger partial charge in [-0.1, -0.05) is 30.3 Å². The quantitative estimate of drug-likeness (QED) is 0.770. The molecule has 0 saturated heterocycles. The van der Waals surface area contributed by atoms with Crippen LogP contribution in [0.5, 0.6) is 0 Å². The first kappa shape index (κ1) is 17.5. The molecular formula is C20H19NO5. The molecule has 26 heavy (non-hydrogen) atoms. The number of nitrogens with zero attached hydrogens (tertiary/aromatic N) is 1. The van der Waals surface area contributed by atoms with Gasteiger partial charge in [0.15, 0.2) is 0 Å². The van der Waals surface area contributed by atoms with Crippen LogP contribution in [0.4, 0.5) is 0 Å². The summed E-state index contributed by atoms with van der Waals surface area (Å²) < 4.78 is 15.3. The molecule has 1 aliphatic rings. The molecule has 1 aliphatic heterocycles. The first-order valence-corrected chi connectivity index (χ1v) is 8.07. The van der Waals surface area contributed by atoms with Gasteiger partial charge in [0, 0.05) is 12.4 Å². The van der Waals surface area contributed by atoms with E-state index in [4.69, 9.17) is 13.9 Å². The second kappa shape index (κ2) is 7.74. The molecule has 1 aromatic heterocycles. The minimum absolute atomic E-state index is 0.355. The van der Waals surface area contributed by atoms with Gasteiger partial charge in [0.1, 0.15) is 5.76 Å². The van der Waals surface area contributed by atoms with Gasteiger partial charge in [0.25, 0.3) is 0 Å². The third kappa shape index (κ3) is 3.54. The molecule has 0 bridgehead atoms. The van der Waals surface area contributed by atoms with Gasteiger partial charge < -0.3 is 18.8 Å². The molecule has 6 nitrogen and oxygen atoms in total. The van der Waals surface area contributed by atoms with E-state index in [2.05, 4.69) is 0 Å². The fourth-order valence-corrected chi connectivity index (χ4v) is 2.97. The first-order chi connectivity index (χ1) is 12.6. The summed E-state index contributed by atoms with van der Waals surface area (Å²) in [5.74, 6) is -0.872. The van der Waals surface area contributed by atoms with Crippen LogP contribution in [0.3, 0.4) is 0 Å². The predicted octanol–water partition coefficient (Wildman–Crippen LogP) is 2.99. The lowest BCUT2D eigenvalue weighted by Gasteiger charge is -2.29. The Balaban J connectivity index is 2.06. The summed E-state index contributed by atoms with van der Waals surface area (Å²) in [4.78, 5) is 26.6. The van der Waals surface area contributed by atoms with Crippen molar-refractivity contribution in [1.82, 2.24) is 4.90 Å². The Hall–Kier alpha value is -3.28. The van der Waals surface area contributed by atoms with Crippen LogP contribution in [-0.2, 0) is 25.6 Å². The van der Waals surface area contributed by atoms with Crippen LogP contribution in [0.25, 0.3) is 0 Å². The van der Waals surface area contributed by atoms with Gasteiger partial charge >= 0.3 is 11.9 Å². The number of carbonyl (C=O) groups excluding carboxylic acids is 2. The molecule has 0 amide bonds. The fourth-order valence-electron chi connectivity index (χ4n) is 2.97. The lowest BCUT2D eigenvalue weighted by Crippen LogP contribution is -2.28. The third-order valence-corrected chi connectivity index (χ3v) is 4.13. The molecule has 0 spiro atoms. The summed E-state index contributed by atoms with van der Waals surface area (Å²) in [7, 11) is 2.64. The largest absolute Gasteiger partial charge is 0.467 e. The standard InChI is InChI=1S/C20H19NO5/c1-24-19(22)16-12-21(11-15-9-6-10-26-15)13-17(20(23)25-2)18(16)14-7-4-3-5-8-14/h3-10,12-13,18H,11H2,1-2H3. The average molecular weight is 353 g/mol. The van der Waals surface area contributed by atoms with E-state index in [1.165, 1.54) is 14.2 Å². The third-order valence-electron chi connectivity index (χ3n) is 4.13. The zero-order valence-electron chi connectivity index (χ0n) is 14.5. The molecular weight excluding hydrogens is 334 g/mol. The molecule has 0 N–H and O–H groups in total. The number of methoxy groups -OCH3 is 2. The van der Waals surface area contributed by atoms with Crippen molar-refractivity contribution in [2.75, 3.05) is 14.2 Å². The van der Waals surface area contributed by atoms with E-state index < -0.39 is 17.9 Å². The minimum Gasteiger partial charge on any atom is -0.467 e. The van der Waals surface area contributed by atoms with E-state index in [0.717, 1.165) is 5.56 Å². The molecule has 0 saturated carbocycles. The minimum atomic E-state index is -0.566. The number of hydrogen-bond donors (Lipinski definition) is 0. The zero-order valence-corrected chi connectivity index (χ0v) is 14.5. The molecule has 0 atom stereocenters. The van der Waals surface area contributed by atoms with Crippen molar-refractivity contribution in [3.63, 3.8) is 0 Å². The highest BCUT2D eigenvalue weighted by atomic mass is 16.5. The Morgan fingerprint density at radius 2 is 1.58 bits per heavy atom. The van der Waals surface area contributed by atoms with Gasteiger partial charge in [-0.3, -0.25) is 0 Å². The van der Waals surface area contributed by atoms with Crippen LogP contribution in [0, 0.1) is 0 Å². The second-order valence-electron chi connectivity index (χ2n) is 5.75. The molecule has 134 valence electrons. The van der Waals surface area contributed by atoms with Crippen molar-refractivity contribution in [3.8, 4) is 0 Å². The predicted molar refractivity (Wildman–Crippen MR) is 93.6 cm³/mol. The normalized spacial score (nSPS) is 14.5. The van der Waals surface area contributed by atoms with E-state index in [0.29, 0.717) is 23.5 Å². The van der Waals surface area contributed by atoms with Crippen molar-refractivity contribution in [2.45, 2.75) is 12.5 Å². The number of esters is 2. The summed E-state index contributed by atoms with van der Waals surface area (Å²) in [6.45, 7) is 0.371. The first-order valence-electron chi connectivity index (χ1n) is 8.07. The van der Waals surface area contributed by atoms with E-state index in [9.17, 15) is 9.59 Å².